The van der Waals surface area contributed by atoms with E-state index in [0.717, 1.165) is 0 Å². The second-order valence-corrected chi connectivity index (χ2v) is 7.05. The van der Waals surface area contributed by atoms with E-state index in [0.29, 0.717) is 30.5 Å². The van der Waals surface area contributed by atoms with E-state index in [-0.39, 0.29) is 18.1 Å². The summed E-state index contributed by atoms with van der Waals surface area (Å²) in [7, 11) is 0. The van der Waals surface area contributed by atoms with E-state index in [9.17, 15) is 22.7 Å². The predicted octanol–water partition coefficient (Wildman–Crippen LogP) is 2.28. The average Bonchev–Trinajstić information content (AvgIpc) is 3.27. The zero-order valence-electron chi connectivity index (χ0n) is 15.3. The van der Waals surface area contributed by atoms with Crippen LogP contribution in [-0.4, -0.2) is 55.9 Å². The molecular formula is C18H18F4N6O. The van der Waals surface area contributed by atoms with Gasteiger partial charge in [0.15, 0.2) is 5.60 Å². The van der Waals surface area contributed by atoms with Gasteiger partial charge in [0.2, 0.25) is 5.95 Å². The smallest absolute Gasteiger partial charge is 0.376 e. The third-order valence-electron chi connectivity index (χ3n) is 4.99. The van der Waals surface area contributed by atoms with Crippen LogP contribution in [0.25, 0.3) is 17.0 Å². The Labute approximate surface area is 162 Å². The number of anilines is 1. The number of aromatic nitrogens is 4. The molecule has 1 aliphatic rings. The van der Waals surface area contributed by atoms with Crippen molar-refractivity contribution >= 4 is 11.6 Å². The predicted molar refractivity (Wildman–Crippen MR) is 97.0 cm³/mol. The minimum absolute atomic E-state index is 0.201. The molecule has 3 aromatic rings. The summed E-state index contributed by atoms with van der Waals surface area (Å²) in [6.45, 7) is 1.37. The number of halogens is 4. The van der Waals surface area contributed by atoms with E-state index in [1.807, 2.05) is 0 Å². The molecule has 4 heterocycles. The molecule has 0 bridgehead atoms. The molecule has 1 saturated heterocycles. The Morgan fingerprint density at radius 1 is 1.21 bits per heavy atom. The molecule has 3 atom stereocenters. The maximum atomic E-state index is 13.8. The number of nitrogens with one attached hydrogen (secondary N) is 2. The first-order chi connectivity index (χ1) is 13.7. The summed E-state index contributed by atoms with van der Waals surface area (Å²) in [5.41, 5.74) is -2.17. The molecule has 1 aliphatic heterocycles. The Morgan fingerprint density at radius 3 is 2.69 bits per heavy atom. The van der Waals surface area contributed by atoms with Gasteiger partial charge in [0.1, 0.15) is 11.8 Å². The minimum atomic E-state index is -4.84. The number of alkyl halides is 4. The first-order valence-electron chi connectivity index (χ1n) is 8.88. The van der Waals surface area contributed by atoms with Crippen molar-refractivity contribution in [2.75, 3.05) is 18.4 Å². The quantitative estimate of drug-likeness (QED) is 0.572. The molecule has 3 N–H and O–H groups in total. The lowest BCUT2D eigenvalue weighted by atomic mass is 9.97. The Morgan fingerprint density at radius 2 is 2.00 bits per heavy atom. The van der Waals surface area contributed by atoms with Crippen molar-refractivity contribution in [2.24, 2.45) is 0 Å². The summed E-state index contributed by atoms with van der Waals surface area (Å²) in [5, 5.41) is 15.8. The summed E-state index contributed by atoms with van der Waals surface area (Å²) in [4.78, 5) is 12.6. The van der Waals surface area contributed by atoms with E-state index in [2.05, 4.69) is 25.6 Å². The van der Waals surface area contributed by atoms with Gasteiger partial charge in [-0.05, 0) is 19.1 Å². The zero-order chi connectivity index (χ0) is 20.8. The Balaban J connectivity index is 1.71. The van der Waals surface area contributed by atoms with Crippen LogP contribution in [0.5, 0.6) is 0 Å². The van der Waals surface area contributed by atoms with Crippen LogP contribution in [0.4, 0.5) is 23.5 Å². The van der Waals surface area contributed by atoms with Gasteiger partial charge in [-0.1, -0.05) is 6.07 Å². The van der Waals surface area contributed by atoms with Crippen molar-refractivity contribution in [3.8, 4) is 11.4 Å². The molecule has 0 unspecified atom stereocenters. The van der Waals surface area contributed by atoms with E-state index in [4.69, 9.17) is 0 Å². The summed E-state index contributed by atoms with van der Waals surface area (Å²) in [6, 6.07) is 3.67. The summed E-state index contributed by atoms with van der Waals surface area (Å²) >= 11 is 0. The monoisotopic (exact) mass is 410 g/mol. The lowest BCUT2D eigenvalue weighted by Crippen LogP contribution is -2.39. The van der Waals surface area contributed by atoms with E-state index < -0.39 is 24.0 Å². The molecule has 154 valence electrons. The lowest BCUT2D eigenvalue weighted by molar-refractivity contribution is -0.259. The van der Waals surface area contributed by atoms with Gasteiger partial charge < -0.3 is 15.7 Å². The van der Waals surface area contributed by atoms with E-state index >= 15 is 0 Å². The maximum Gasteiger partial charge on any atom is 0.421 e. The number of rotatable bonds is 4. The molecule has 0 aromatic carbocycles. The molecule has 4 rings (SSSR count). The van der Waals surface area contributed by atoms with Crippen LogP contribution in [0.3, 0.4) is 0 Å². The average molecular weight is 410 g/mol. The Kier molecular flexibility index (Phi) is 4.66. The number of pyridine rings is 1. The number of nitrogens with zero attached hydrogens (tertiary/aromatic N) is 4. The highest BCUT2D eigenvalue weighted by atomic mass is 19.4. The van der Waals surface area contributed by atoms with Gasteiger partial charge in [0, 0.05) is 31.0 Å². The summed E-state index contributed by atoms with van der Waals surface area (Å²) < 4.78 is 54.8. The van der Waals surface area contributed by atoms with Crippen molar-refractivity contribution in [1.82, 2.24) is 24.7 Å². The van der Waals surface area contributed by atoms with Crippen LogP contribution in [-0.2, 0) is 5.60 Å². The Hall–Kier alpha value is -2.79. The third kappa shape index (κ3) is 3.51. The molecular weight excluding hydrogens is 392 g/mol. The van der Waals surface area contributed by atoms with Gasteiger partial charge in [-0.25, -0.2) is 19.3 Å². The van der Waals surface area contributed by atoms with Gasteiger partial charge in [-0.2, -0.15) is 13.2 Å². The van der Waals surface area contributed by atoms with Gasteiger partial charge in [0.05, 0.1) is 23.6 Å². The van der Waals surface area contributed by atoms with Crippen molar-refractivity contribution < 1.29 is 22.7 Å². The fraction of sp³-hybridized carbons (Fsp3) is 0.389. The summed E-state index contributed by atoms with van der Waals surface area (Å²) in [6.07, 6.45) is -1.81. The van der Waals surface area contributed by atoms with Crippen LogP contribution < -0.4 is 10.6 Å². The molecule has 0 amide bonds. The largest absolute Gasteiger partial charge is 0.421 e. The topological polar surface area (TPSA) is 87.4 Å². The highest BCUT2D eigenvalue weighted by Gasteiger charge is 2.51. The number of hydrogen-bond acceptors (Lipinski definition) is 6. The van der Waals surface area contributed by atoms with Crippen molar-refractivity contribution in [2.45, 2.75) is 30.9 Å². The number of fused-ring (bicyclic) bond motifs is 1. The normalized spacial score (nSPS) is 22.0. The first-order valence-corrected chi connectivity index (χ1v) is 8.88. The molecule has 1 fully saturated rings. The highest BCUT2D eigenvalue weighted by molar-refractivity contribution is 5.61. The molecule has 29 heavy (non-hydrogen) atoms. The maximum absolute atomic E-state index is 13.8. The van der Waals surface area contributed by atoms with Crippen LogP contribution in [0.15, 0.2) is 36.8 Å². The molecule has 7 nitrogen and oxygen atoms in total. The zero-order valence-corrected chi connectivity index (χ0v) is 15.3. The van der Waals surface area contributed by atoms with Crippen LogP contribution in [0.1, 0.15) is 12.5 Å². The van der Waals surface area contributed by atoms with E-state index in [1.54, 1.807) is 6.07 Å². The fourth-order valence-electron chi connectivity index (χ4n) is 3.15. The number of hydrogen-bond donors (Lipinski definition) is 3. The van der Waals surface area contributed by atoms with Crippen molar-refractivity contribution in [3.63, 3.8) is 0 Å². The lowest BCUT2D eigenvalue weighted by Gasteiger charge is -2.26. The SMILES string of the molecule is C[C@](O)(c1ccc2ncc(-c3ccnc(N[C@H]4CNC[C@@H]4F)n3)n2c1)C(F)(F)F. The molecule has 0 aliphatic carbocycles. The second kappa shape index (κ2) is 6.92. The summed E-state index contributed by atoms with van der Waals surface area (Å²) in [5.74, 6) is 0.201. The minimum Gasteiger partial charge on any atom is -0.376 e. The Bertz CT molecular complexity index is 1030. The van der Waals surface area contributed by atoms with Crippen molar-refractivity contribution in [1.29, 1.82) is 0 Å². The van der Waals surface area contributed by atoms with Crippen LogP contribution in [0, 0.1) is 0 Å². The fourth-order valence-corrected chi connectivity index (χ4v) is 3.15. The van der Waals surface area contributed by atoms with E-state index in [1.165, 1.54) is 35.1 Å². The standard InChI is InChI=1S/C18H18F4N6O/c1-17(29,18(20,21)22)10-2-3-15-25-8-14(28(15)9-10)12-4-5-24-16(26-12)27-13-7-23-6-11(13)19/h2-5,8-9,11,13,23,29H,6-7H2,1H3,(H,24,26,27)/t11-,13-,17-/m0/s1. The van der Waals surface area contributed by atoms with Crippen LogP contribution in [0.2, 0.25) is 0 Å². The third-order valence-corrected chi connectivity index (χ3v) is 4.99. The molecule has 3 aromatic heterocycles. The van der Waals surface area contributed by atoms with Gasteiger partial charge in [-0.3, -0.25) is 4.40 Å². The number of aliphatic hydroxyl groups is 1. The molecule has 0 radical (unpaired) electrons. The van der Waals surface area contributed by atoms with Gasteiger partial charge in [0.25, 0.3) is 0 Å². The van der Waals surface area contributed by atoms with Gasteiger partial charge >= 0.3 is 6.18 Å². The highest BCUT2D eigenvalue weighted by Crippen LogP contribution is 2.38. The van der Waals surface area contributed by atoms with Crippen LogP contribution >= 0.6 is 0 Å². The molecule has 11 heteroatoms. The van der Waals surface area contributed by atoms with Gasteiger partial charge in [-0.15, -0.1) is 0 Å². The van der Waals surface area contributed by atoms with Crippen molar-refractivity contribution in [3.05, 3.63) is 42.4 Å². The number of imidazole rings is 1. The molecule has 0 spiro atoms. The second-order valence-electron chi connectivity index (χ2n) is 7.05. The first kappa shape index (κ1) is 19.5. The molecule has 0 saturated carbocycles.